The first-order chi connectivity index (χ1) is 7.50. The van der Waals surface area contributed by atoms with E-state index in [1.807, 2.05) is 45.8 Å². The highest BCUT2D eigenvalue weighted by molar-refractivity contribution is 7.08. The summed E-state index contributed by atoms with van der Waals surface area (Å²) in [5.41, 5.74) is 0. The van der Waals surface area contributed by atoms with Gasteiger partial charge in [-0.25, -0.2) is 0 Å². The third kappa shape index (κ3) is 7.91. The van der Waals surface area contributed by atoms with Crippen LogP contribution in [0.5, 0.6) is 0 Å². The second-order valence-electron chi connectivity index (χ2n) is 2.68. The van der Waals surface area contributed by atoms with E-state index in [2.05, 4.69) is 24.3 Å². The summed E-state index contributed by atoms with van der Waals surface area (Å²) >= 11 is 3.43. The molecule has 3 rings (SSSR count). The molecule has 0 saturated carbocycles. The zero-order chi connectivity index (χ0) is 10.6. The predicted octanol–water partition coefficient (Wildman–Crippen LogP) is 5.00. The van der Waals surface area contributed by atoms with E-state index >= 15 is 0 Å². The minimum Gasteiger partial charge on any atom is -0.152 e. The van der Waals surface area contributed by atoms with Crippen molar-refractivity contribution in [2.45, 2.75) is 6.42 Å². The van der Waals surface area contributed by atoms with Crippen LogP contribution in [0.4, 0.5) is 0 Å². The van der Waals surface area contributed by atoms with Gasteiger partial charge in [-0.15, -0.1) is 0 Å². The van der Waals surface area contributed by atoms with E-state index in [-0.39, 0.29) is 0 Å². The van der Waals surface area contributed by atoms with Gasteiger partial charge in [-0.2, -0.15) is 22.7 Å². The molecule has 0 aromatic carbocycles. The van der Waals surface area contributed by atoms with Gasteiger partial charge in [-0.05, 0) is 27.9 Å². The SMILES string of the molecule is C1=CCC=C1.c1ccsc1.c1ccsc1. The Hall–Kier alpha value is -1.12. The standard InChI is InChI=1S/C5H6.2C4H4S/c3*1-2-4-5-3-1/h1-4H,5H2;2*1-4H. The summed E-state index contributed by atoms with van der Waals surface area (Å²) in [7, 11) is 0. The van der Waals surface area contributed by atoms with Crippen LogP contribution >= 0.6 is 22.7 Å². The van der Waals surface area contributed by atoms with Gasteiger partial charge < -0.3 is 0 Å². The Kier molecular flexibility index (Phi) is 7.52. The number of thiophene rings is 2. The van der Waals surface area contributed by atoms with Gasteiger partial charge in [0, 0.05) is 0 Å². The summed E-state index contributed by atoms with van der Waals surface area (Å²) in [6.07, 6.45) is 9.50. The molecule has 0 spiro atoms. The normalized spacial score (nSPS) is 11.2. The van der Waals surface area contributed by atoms with E-state index in [1.54, 1.807) is 22.7 Å². The maximum atomic E-state index is 2.12. The topological polar surface area (TPSA) is 0 Å². The van der Waals surface area contributed by atoms with E-state index in [0.29, 0.717) is 0 Å². The van der Waals surface area contributed by atoms with Gasteiger partial charge in [0.05, 0.1) is 0 Å². The molecule has 2 heterocycles. The molecule has 0 atom stereocenters. The number of rotatable bonds is 0. The third-order valence-electron chi connectivity index (χ3n) is 1.51. The molecular formula is C13H14S2. The Balaban J connectivity index is 0.000000112. The molecule has 0 unspecified atom stereocenters. The number of hydrogen-bond acceptors (Lipinski definition) is 2. The van der Waals surface area contributed by atoms with Gasteiger partial charge in [-0.3, -0.25) is 0 Å². The highest BCUT2D eigenvalue weighted by Gasteiger charge is 1.72. The predicted molar refractivity (Wildman–Crippen MR) is 71.5 cm³/mol. The van der Waals surface area contributed by atoms with E-state index in [0.717, 1.165) is 6.42 Å². The Morgan fingerprint density at radius 2 is 1.00 bits per heavy atom. The molecule has 2 heteroatoms. The van der Waals surface area contributed by atoms with E-state index in [9.17, 15) is 0 Å². The second kappa shape index (κ2) is 9.44. The molecule has 78 valence electrons. The monoisotopic (exact) mass is 234 g/mol. The highest BCUT2D eigenvalue weighted by Crippen LogP contribution is 1.93. The molecule has 1 aliphatic carbocycles. The molecule has 0 N–H and O–H groups in total. The van der Waals surface area contributed by atoms with Crippen LogP contribution < -0.4 is 0 Å². The molecule has 1 aliphatic rings. The van der Waals surface area contributed by atoms with E-state index in [4.69, 9.17) is 0 Å². The molecule has 0 nitrogen and oxygen atoms in total. The van der Waals surface area contributed by atoms with Gasteiger partial charge in [-0.1, -0.05) is 48.6 Å². The fourth-order valence-corrected chi connectivity index (χ4v) is 1.75. The van der Waals surface area contributed by atoms with Crippen molar-refractivity contribution in [3.8, 4) is 0 Å². The largest absolute Gasteiger partial charge is 0.152 e. The molecule has 2 aromatic heterocycles. The van der Waals surface area contributed by atoms with Crippen LogP contribution in [0, 0.1) is 0 Å². The van der Waals surface area contributed by atoms with Crippen molar-refractivity contribution < 1.29 is 0 Å². The van der Waals surface area contributed by atoms with Crippen molar-refractivity contribution >= 4 is 22.7 Å². The van der Waals surface area contributed by atoms with Crippen LogP contribution in [0.1, 0.15) is 6.42 Å². The van der Waals surface area contributed by atoms with E-state index < -0.39 is 0 Å². The van der Waals surface area contributed by atoms with Gasteiger partial charge in [0.25, 0.3) is 0 Å². The van der Waals surface area contributed by atoms with Crippen molar-refractivity contribution in [1.82, 2.24) is 0 Å². The quantitative estimate of drug-likeness (QED) is 0.602. The second-order valence-corrected chi connectivity index (χ2v) is 4.31. The summed E-state index contributed by atoms with van der Waals surface area (Å²) < 4.78 is 0. The zero-order valence-corrected chi connectivity index (χ0v) is 10.1. The summed E-state index contributed by atoms with van der Waals surface area (Å²) in [5.74, 6) is 0. The molecule has 0 aliphatic heterocycles. The van der Waals surface area contributed by atoms with Crippen LogP contribution in [-0.4, -0.2) is 0 Å². The smallest absolute Gasteiger partial charge is 0.00934 e. The maximum Gasteiger partial charge on any atom is -0.00934 e. The lowest BCUT2D eigenvalue weighted by Gasteiger charge is -1.57. The first-order valence-electron chi connectivity index (χ1n) is 4.76. The molecule has 2 aromatic rings. The molecule has 15 heavy (non-hydrogen) atoms. The number of allylic oxidation sites excluding steroid dienone is 4. The van der Waals surface area contributed by atoms with Crippen molar-refractivity contribution in [3.05, 3.63) is 70.1 Å². The fraction of sp³-hybridized carbons (Fsp3) is 0.0769. The molecule has 0 saturated heterocycles. The highest BCUT2D eigenvalue weighted by atomic mass is 32.1. The summed E-state index contributed by atoms with van der Waals surface area (Å²) in [6.45, 7) is 0. The molecule has 0 amide bonds. The molecule has 0 bridgehead atoms. The lowest BCUT2D eigenvalue weighted by atomic mass is 10.5. The van der Waals surface area contributed by atoms with E-state index in [1.165, 1.54) is 0 Å². The lowest BCUT2D eigenvalue weighted by Crippen LogP contribution is -1.37. The van der Waals surface area contributed by atoms with Gasteiger partial charge in [0.15, 0.2) is 0 Å². The van der Waals surface area contributed by atoms with Gasteiger partial charge in [0.1, 0.15) is 0 Å². The lowest BCUT2D eigenvalue weighted by molar-refractivity contribution is 1.45. The van der Waals surface area contributed by atoms with Crippen molar-refractivity contribution in [2.24, 2.45) is 0 Å². The van der Waals surface area contributed by atoms with Crippen LogP contribution in [-0.2, 0) is 0 Å². The van der Waals surface area contributed by atoms with Crippen molar-refractivity contribution in [2.75, 3.05) is 0 Å². The average Bonchev–Trinajstić information content (AvgIpc) is 3.09. The minimum absolute atomic E-state index is 1.14. The Bertz CT molecular complexity index is 271. The van der Waals surface area contributed by atoms with Gasteiger partial charge in [0.2, 0.25) is 0 Å². The van der Waals surface area contributed by atoms with Crippen LogP contribution in [0.15, 0.2) is 70.1 Å². The maximum absolute atomic E-state index is 2.12. The molecular weight excluding hydrogens is 220 g/mol. The Morgan fingerprint density at radius 1 is 0.600 bits per heavy atom. The fourth-order valence-electron chi connectivity index (χ4n) is 0.846. The summed E-state index contributed by atoms with van der Waals surface area (Å²) in [6, 6.07) is 8.07. The summed E-state index contributed by atoms with van der Waals surface area (Å²) in [5, 5.41) is 8.17. The molecule has 0 fully saturated rings. The summed E-state index contributed by atoms with van der Waals surface area (Å²) in [4.78, 5) is 0. The minimum atomic E-state index is 1.14. The van der Waals surface area contributed by atoms with Crippen LogP contribution in [0.25, 0.3) is 0 Å². The zero-order valence-electron chi connectivity index (χ0n) is 8.45. The van der Waals surface area contributed by atoms with Crippen LogP contribution in [0.3, 0.4) is 0 Å². The Labute approximate surface area is 99.2 Å². The molecule has 0 radical (unpaired) electrons. The average molecular weight is 234 g/mol. The third-order valence-corrected chi connectivity index (χ3v) is 2.76. The van der Waals surface area contributed by atoms with Crippen LogP contribution in [0.2, 0.25) is 0 Å². The van der Waals surface area contributed by atoms with Crippen molar-refractivity contribution in [3.63, 3.8) is 0 Å². The number of hydrogen-bond donors (Lipinski definition) is 0. The first kappa shape index (κ1) is 12.0. The Morgan fingerprint density at radius 3 is 1.13 bits per heavy atom. The van der Waals surface area contributed by atoms with Crippen molar-refractivity contribution in [1.29, 1.82) is 0 Å². The first-order valence-corrected chi connectivity index (χ1v) is 6.64. The van der Waals surface area contributed by atoms with Gasteiger partial charge >= 0.3 is 0 Å².